The molecule has 1 aromatic rings. The van der Waals surface area contributed by atoms with Gasteiger partial charge in [-0.15, -0.1) is 12.4 Å². The maximum Gasteiger partial charge on any atom is 0.285 e. The van der Waals surface area contributed by atoms with Crippen molar-refractivity contribution in [3.8, 4) is 0 Å². The van der Waals surface area contributed by atoms with Crippen LogP contribution in [0.5, 0.6) is 0 Å². The van der Waals surface area contributed by atoms with Crippen molar-refractivity contribution in [3.63, 3.8) is 0 Å². The molecule has 1 aliphatic heterocycles. The summed E-state index contributed by atoms with van der Waals surface area (Å²) in [4.78, 5) is 22.7. The van der Waals surface area contributed by atoms with Crippen LogP contribution in [0, 0.1) is 17.0 Å². The highest BCUT2D eigenvalue weighted by atomic mass is 35.5. The molecule has 0 unspecified atom stereocenters. The zero-order chi connectivity index (χ0) is 14.5. The molecule has 0 aliphatic carbocycles. The van der Waals surface area contributed by atoms with E-state index >= 15 is 0 Å². The van der Waals surface area contributed by atoms with Gasteiger partial charge >= 0.3 is 0 Å². The molecular weight excluding hydrogens is 294 g/mol. The van der Waals surface area contributed by atoms with E-state index in [4.69, 9.17) is 0 Å². The zero-order valence-corrected chi connectivity index (χ0v) is 12.5. The Bertz CT molecular complexity index is 573. The molecule has 7 heteroatoms. The number of rotatable bonds is 4. The number of hydrogen-bond acceptors (Lipinski definition) is 4. The van der Waals surface area contributed by atoms with Gasteiger partial charge in [0.15, 0.2) is 0 Å². The summed E-state index contributed by atoms with van der Waals surface area (Å²) in [6, 6.07) is 4.77. The van der Waals surface area contributed by atoms with Gasteiger partial charge in [0.2, 0.25) is 0 Å². The minimum atomic E-state index is -0.506. The number of halogens is 1. The normalized spacial score (nSPS) is 13.9. The van der Waals surface area contributed by atoms with Crippen LogP contribution >= 0.6 is 12.4 Å². The summed E-state index contributed by atoms with van der Waals surface area (Å²) in [7, 11) is 0. The molecule has 0 spiro atoms. The van der Waals surface area contributed by atoms with Crippen molar-refractivity contribution < 1.29 is 9.72 Å². The van der Waals surface area contributed by atoms with Crippen molar-refractivity contribution in [2.45, 2.75) is 13.3 Å². The summed E-state index contributed by atoms with van der Waals surface area (Å²) >= 11 is 0. The van der Waals surface area contributed by atoms with E-state index in [9.17, 15) is 14.9 Å². The summed E-state index contributed by atoms with van der Waals surface area (Å²) in [6.07, 6.45) is 2.92. The minimum Gasteiger partial charge on any atom is -0.348 e. The molecule has 0 aromatic heterocycles. The summed E-state index contributed by atoms with van der Waals surface area (Å²) in [5, 5.41) is 17.0. The topological polar surface area (TPSA) is 84.3 Å². The van der Waals surface area contributed by atoms with Crippen LogP contribution in [0.2, 0.25) is 0 Å². The predicted octanol–water partition coefficient (Wildman–Crippen LogP) is 1.97. The van der Waals surface area contributed by atoms with E-state index in [-0.39, 0.29) is 23.7 Å². The highest BCUT2D eigenvalue weighted by molar-refractivity contribution is 5.98. The quantitative estimate of drug-likeness (QED) is 0.506. The van der Waals surface area contributed by atoms with Crippen LogP contribution in [-0.4, -0.2) is 30.5 Å². The molecule has 1 amide bonds. The SMILES string of the molecule is Cc1cccc(C(=O)NCC2=CCNCC2)c1[N+](=O)[O-].Cl. The van der Waals surface area contributed by atoms with Crippen molar-refractivity contribution in [2.75, 3.05) is 19.6 Å². The molecule has 6 nitrogen and oxygen atoms in total. The molecule has 114 valence electrons. The fourth-order valence-corrected chi connectivity index (χ4v) is 2.20. The van der Waals surface area contributed by atoms with Gasteiger partial charge in [0.05, 0.1) is 4.92 Å². The molecule has 0 atom stereocenters. The molecule has 2 rings (SSSR count). The van der Waals surface area contributed by atoms with Crippen LogP contribution in [0.1, 0.15) is 22.3 Å². The lowest BCUT2D eigenvalue weighted by Gasteiger charge is -2.14. The van der Waals surface area contributed by atoms with Gasteiger partial charge in [-0.1, -0.05) is 23.8 Å². The highest BCUT2D eigenvalue weighted by Gasteiger charge is 2.22. The molecule has 21 heavy (non-hydrogen) atoms. The standard InChI is InChI=1S/C14H17N3O3.ClH/c1-10-3-2-4-12(13(10)17(19)20)14(18)16-9-11-5-7-15-8-6-11;/h2-5,15H,6-9H2,1H3,(H,16,18);1H. The van der Waals surface area contributed by atoms with Gasteiger partial charge in [-0.2, -0.15) is 0 Å². The van der Waals surface area contributed by atoms with Gasteiger partial charge in [0, 0.05) is 18.7 Å². The van der Waals surface area contributed by atoms with Crippen LogP contribution in [0.15, 0.2) is 29.8 Å². The van der Waals surface area contributed by atoms with E-state index in [2.05, 4.69) is 10.6 Å². The summed E-state index contributed by atoms with van der Waals surface area (Å²) in [6.45, 7) is 3.76. The second-order valence-electron chi connectivity index (χ2n) is 4.73. The van der Waals surface area contributed by atoms with Crippen molar-refractivity contribution in [1.29, 1.82) is 0 Å². The van der Waals surface area contributed by atoms with E-state index in [1.54, 1.807) is 19.1 Å². The van der Waals surface area contributed by atoms with E-state index in [0.29, 0.717) is 12.1 Å². The molecule has 0 radical (unpaired) electrons. The smallest absolute Gasteiger partial charge is 0.285 e. The van der Waals surface area contributed by atoms with E-state index < -0.39 is 10.8 Å². The van der Waals surface area contributed by atoms with Gasteiger partial charge in [-0.25, -0.2) is 0 Å². The number of carbonyl (C=O) groups is 1. The van der Waals surface area contributed by atoms with Crippen molar-refractivity contribution in [1.82, 2.24) is 10.6 Å². The van der Waals surface area contributed by atoms with Gasteiger partial charge in [0.25, 0.3) is 11.6 Å². The average Bonchev–Trinajstić information content (AvgIpc) is 2.45. The molecule has 0 fully saturated rings. The summed E-state index contributed by atoms with van der Waals surface area (Å²) in [5.41, 5.74) is 1.63. The first-order chi connectivity index (χ1) is 9.59. The van der Waals surface area contributed by atoms with Crippen molar-refractivity contribution in [3.05, 3.63) is 51.1 Å². The average molecular weight is 312 g/mol. The summed E-state index contributed by atoms with van der Waals surface area (Å²) in [5.74, 6) is -0.403. The van der Waals surface area contributed by atoms with Crippen LogP contribution in [0.25, 0.3) is 0 Å². The molecule has 1 aromatic carbocycles. The third kappa shape index (κ3) is 4.27. The Kier molecular flexibility index (Phi) is 6.33. The number of benzene rings is 1. The van der Waals surface area contributed by atoms with Gasteiger partial charge in [0.1, 0.15) is 5.56 Å². The Morgan fingerprint density at radius 3 is 2.86 bits per heavy atom. The monoisotopic (exact) mass is 311 g/mol. The zero-order valence-electron chi connectivity index (χ0n) is 11.7. The number of nitrogens with zero attached hydrogens (tertiary/aromatic N) is 1. The summed E-state index contributed by atoms with van der Waals surface area (Å²) < 4.78 is 0. The minimum absolute atomic E-state index is 0. The number of carbonyl (C=O) groups excluding carboxylic acids is 1. The van der Waals surface area contributed by atoms with Crippen LogP contribution < -0.4 is 10.6 Å². The number of aryl methyl sites for hydroxylation is 1. The van der Waals surface area contributed by atoms with E-state index in [1.807, 2.05) is 6.08 Å². The predicted molar refractivity (Wildman–Crippen MR) is 83.0 cm³/mol. The second kappa shape index (κ2) is 7.75. The van der Waals surface area contributed by atoms with E-state index in [1.165, 1.54) is 6.07 Å². The molecule has 0 bridgehead atoms. The third-order valence-corrected chi connectivity index (χ3v) is 3.30. The van der Waals surface area contributed by atoms with Gasteiger partial charge < -0.3 is 10.6 Å². The number of nitro groups is 1. The lowest BCUT2D eigenvalue weighted by Crippen LogP contribution is -2.30. The third-order valence-electron chi connectivity index (χ3n) is 3.30. The first kappa shape index (κ1) is 17.1. The number of para-hydroxylation sites is 1. The largest absolute Gasteiger partial charge is 0.348 e. The van der Waals surface area contributed by atoms with Crippen molar-refractivity contribution >= 4 is 24.0 Å². The number of hydrogen-bond donors (Lipinski definition) is 2. The molecule has 1 heterocycles. The first-order valence-corrected chi connectivity index (χ1v) is 6.50. The Hall–Kier alpha value is -1.92. The van der Waals surface area contributed by atoms with Gasteiger partial charge in [-0.05, 0) is 26.0 Å². The fraction of sp³-hybridized carbons (Fsp3) is 0.357. The Labute approximate surface area is 129 Å². The first-order valence-electron chi connectivity index (χ1n) is 6.50. The molecule has 2 N–H and O–H groups in total. The number of nitro benzene ring substituents is 1. The number of nitrogens with one attached hydrogen (secondary N) is 2. The molecular formula is C14H18ClN3O3. The molecule has 1 aliphatic rings. The lowest BCUT2D eigenvalue weighted by atomic mass is 10.1. The van der Waals surface area contributed by atoms with Crippen molar-refractivity contribution in [2.24, 2.45) is 0 Å². The fourth-order valence-electron chi connectivity index (χ4n) is 2.20. The Morgan fingerprint density at radius 2 is 2.24 bits per heavy atom. The van der Waals surface area contributed by atoms with Crippen LogP contribution in [-0.2, 0) is 0 Å². The maximum absolute atomic E-state index is 12.1. The maximum atomic E-state index is 12.1. The van der Waals surface area contributed by atoms with Crippen LogP contribution in [0.3, 0.4) is 0 Å². The Balaban J connectivity index is 0.00000220. The van der Waals surface area contributed by atoms with Crippen LogP contribution in [0.4, 0.5) is 5.69 Å². The lowest BCUT2D eigenvalue weighted by molar-refractivity contribution is -0.385. The molecule has 0 saturated heterocycles. The van der Waals surface area contributed by atoms with E-state index in [0.717, 1.165) is 25.1 Å². The molecule has 0 saturated carbocycles. The second-order valence-corrected chi connectivity index (χ2v) is 4.73. The number of amides is 1. The highest BCUT2D eigenvalue weighted by Crippen LogP contribution is 2.22. The van der Waals surface area contributed by atoms with Gasteiger partial charge in [-0.3, -0.25) is 14.9 Å². The Morgan fingerprint density at radius 1 is 1.48 bits per heavy atom.